The first-order valence-electron chi connectivity index (χ1n) is 7.90. The molecule has 0 aliphatic carbocycles. The second kappa shape index (κ2) is 7.94. The van der Waals surface area contributed by atoms with Gasteiger partial charge in [-0.15, -0.1) is 11.3 Å². The van der Waals surface area contributed by atoms with Gasteiger partial charge in [0.05, 0.1) is 6.04 Å². The molecule has 3 aromatic rings. The Bertz CT molecular complexity index is 831. The molecule has 1 N–H and O–H groups in total. The monoisotopic (exact) mass is 355 g/mol. The third-order valence-corrected chi connectivity index (χ3v) is 4.73. The highest BCUT2D eigenvalue weighted by Gasteiger charge is 2.18. The van der Waals surface area contributed by atoms with Crippen LogP contribution in [0.5, 0.6) is 5.75 Å². The predicted molar refractivity (Wildman–Crippen MR) is 97.4 cm³/mol. The van der Waals surface area contributed by atoms with Gasteiger partial charge in [-0.3, -0.25) is 4.79 Å². The Hall–Kier alpha value is -2.66. The second-order valence-corrected chi connectivity index (χ2v) is 6.60. The largest absolute Gasteiger partial charge is 0.484 e. The Morgan fingerprint density at radius 3 is 2.56 bits per heavy atom. The molecule has 0 saturated carbocycles. The van der Waals surface area contributed by atoms with Crippen LogP contribution in [0.4, 0.5) is 4.39 Å². The Morgan fingerprint density at radius 1 is 1.12 bits per heavy atom. The fraction of sp³-hybridized carbons (Fsp3) is 0.150. The first-order valence-corrected chi connectivity index (χ1v) is 8.78. The summed E-state index contributed by atoms with van der Waals surface area (Å²) in [6.07, 6.45) is 0. The number of carbonyl (C=O) groups excluding carboxylic acids is 1. The normalized spacial score (nSPS) is 11.8. The molecule has 0 bridgehead atoms. The molecule has 0 radical (unpaired) electrons. The van der Waals surface area contributed by atoms with Crippen LogP contribution >= 0.6 is 11.3 Å². The number of halogens is 1. The van der Waals surface area contributed by atoms with Crippen LogP contribution in [0.3, 0.4) is 0 Å². The number of amides is 1. The maximum absolute atomic E-state index is 13.2. The van der Waals surface area contributed by atoms with E-state index in [0.29, 0.717) is 5.75 Å². The zero-order valence-electron chi connectivity index (χ0n) is 13.7. The van der Waals surface area contributed by atoms with Gasteiger partial charge in [0, 0.05) is 4.88 Å². The average Bonchev–Trinajstić information content (AvgIpc) is 3.14. The number of para-hydroxylation sites is 1. The summed E-state index contributed by atoms with van der Waals surface area (Å²) in [6, 6.07) is 17.3. The molecule has 1 atom stereocenters. The molecule has 0 spiro atoms. The summed E-state index contributed by atoms with van der Waals surface area (Å²) in [6.45, 7) is 1.86. The van der Waals surface area contributed by atoms with Crippen molar-refractivity contribution < 1.29 is 13.9 Å². The van der Waals surface area contributed by atoms with Crippen LogP contribution in [0.15, 0.2) is 66.0 Å². The molecule has 3 nitrogen and oxygen atoms in total. The summed E-state index contributed by atoms with van der Waals surface area (Å²) < 4.78 is 18.8. The summed E-state index contributed by atoms with van der Waals surface area (Å²) >= 11 is 1.54. The van der Waals surface area contributed by atoms with Crippen molar-refractivity contribution in [1.29, 1.82) is 0 Å². The van der Waals surface area contributed by atoms with Crippen LogP contribution in [-0.2, 0) is 4.79 Å². The average molecular weight is 355 g/mol. The molecule has 128 valence electrons. The van der Waals surface area contributed by atoms with Crippen LogP contribution in [0.25, 0.3) is 0 Å². The maximum atomic E-state index is 13.2. The van der Waals surface area contributed by atoms with Crippen LogP contribution in [0.1, 0.15) is 22.0 Å². The van der Waals surface area contributed by atoms with Gasteiger partial charge >= 0.3 is 0 Å². The second-order valence-electron chi connectivity index (χ2n) is 5.62. The first kappa shape index (κ1) is 17.2. The summed E-state index contributed by atoms with van der Waals surface area (Å²) in [5.74, 6) is 0.154. The Morgan fingerprint density at radius 2 is 1.88 bits per heavy atom. The fourth-order valence-electron chi connectivity index (χ4n) is 2.49. The zero-order chi connectivity index (χ0) is 17.6. The highest BCUT2D eigenvalue weighted by molar-refractivity contribution is 7.10. The van der Waals surface area contributed by atoms with E-state index in [9.17, 15) is 9.18 Å². The zero-order valence-corrected chi connectivity index (χ0v) is 14.6. The molecule has 0 fully saturated rings. The van der Waals surface area contributed by atoms with Gasteiger partial charge in [-0.25, -0.2) is 4.39 Å². The third kappa shape index (κ3) is 4.45. The van der Waals surface area contributed by atoms with Gasteiger partial charge in [0.1, 0.15) is 11.6 Å². The number of benzene rings is 2. The number of aryl methyl sites for hydroxylation is 1. The quantitative estimate of drug-likeness (QED) is 0.708. The lowest BCUT2D eigenvalue weighted by atomic mass is 10.1. The minimum Gasteiger partial charge on any atom is -0.484 e. The number of carbonyl (C=O) groups is 1. The van der Waals surface area contributed by atoms with Gasteiger partial charge in [0.15, 0.2) is 6.61 Å². The van der Waals surface area contributed by atoms with Crippen molar-refractivity contribution in [2.45, 2.75) is 13.0 Å². The molecule has 1 amide bonds. The highest BCUT2D eigenvalue weighted by atomic mass is 32.1. The number of nitrogens with one attached hydrogen (secondary N) is 1. The van der Waals surface area contributed by atoms with Gasteiger partial charge in [0.2, 0.25) is 0 Å². The van der Waals surface area contributed by atoms with Crippen molar-refractivity contribution >= 4 is 17.2 Å². The first-order chi connectivity index (χ1) is 12.1. The summed E-state index contributed by atoms with van der Waals surface area (Å²) in [5, 5.41) is 4.92. The van der Waals surface area contributed by atoms with Crippen molar-refractivity contribution in [2.75, 3.05) is 6.61 Å². The lowest BCUT2D eigenvalue weighted by Crippen LogP contribution is -2.33. The number of hydrogen-bond donors (Lipinski definition) is 1. The van der Waals surface area contributed by atoms with E-state index < -0.39 is 0 Å². The minimum absolute atomic E-state index is 0.0755. The van der Waals surface area contributed by atoms with E-state index in [-0.39, 0.29) is 24.4 Å². The lowest BCUT2D eigenvalue weighted by Gasteiger charge is -2.18. The SMILES string of the molecule is Cc1ccccc1OCC(=O)N[C@@H](c1ccc(F)cc1)c1cccs1. The number of ether oxygens (including phenoxy) is 1. The van der Waals surface area contributed by atoms with E-state index in [1.54, 1.807) is 12.1 Å². The van der Waals surface area contributed by atoms with Gasteiger partial charge in [-0.1, -0.05) is 36.4 Å². The van der Waals surface area contributed by atoms with E-state index in [1.807, 2.05) is 48.7 Å². The molecule has 0 aliphatic heterocycles. The van der Waals surface area contributed by atoms with E-state index in [2.05, 4.69) is 5.32 Å². The van der Waals surface area contributed by atoms with E-state index >= 15 is 0 Å². The van der Waals surface area contributed by atoms with Crippen molar-refractivity contribution in [3.63, 3.8) is 0 Å². The summed E-state index contributed by atoms with van der Waals surface area (Å²) in [7, 11) is 0. The molecule has 3 rings (SSSR count). The Kier molecular flexibility index (Phi) is 5.46. The maximum Gasteiger partial charge on any atom is 0.258 e. The molecule has 2 aromatic carbocycles. The standard InChI is InChI=1S/C20H18FNO2S/c1-14-5-2-3-6-17(14)24-13-19(23)22-20(18-7-4-12-25-18)15-8-10-16(21)11-9-15/h2-12,20H,13H2,1H3,(H,22,23)/t20-/m0/s1. The fourth-order valence-corrected chi connectivity index (χ4v) is 3.30. The summed E-state index contributed by atoms with van der Waals surface area (Å²) in [4.78, 5) is 13.4. The Labute approximate surface area is 150 Å². The minimum atomic E-state index is -0.325. The molecule has 5 heteroatoms. The van der Waals surface area contributed by atoms with Gasteiger partial charge < -0.3 is 10.1 Å². The smallest absolute Gasteiger partial charge is 0.258 e. The van der Waals surface area contributed by atoms with Gasteiger partial charge in [0.25, 0.3) is 5.91 Å². The molecule has 0 unspecified atom stereocenters. The number of hydrogen-bond acceptors (Lipinski definition) is 3. The van der Waals surface area contributed by atoms with E-state index in [4.69, 9.17) is 4.74 Å². The topological polar surface area (TPSA) is 38.3 Å². The number of rotatable bonds is 6. The molecule has 25 heavy (non-hydrogen) atoms. The van der Waals surface area contributed by atoms with Crippen molar-refractivity contribution in [3.05, 3.63) is 87.9 Å². The Balaban J connectivity index is 1.71. The highest BCUT2D eigenvalue weighted by Crippen LogP contribution is 2.26. The van der Waals surface area contributed by atoms with Crippen molar-refractivity contribution in [2.24, 2.45) is 0 Å². The van der Waals surface area contributed by atoms with Gasteiger partial charge in [-0.2, -0.15) is 0 Å². The third-order valence-electron chi connectivity index (χ3n) is 3.79. The van der Waals surface area contributed by atoms with Gasteiger partial charge in [-0.05, 0) is 47.7 Å². The molecule has 1 aromatic heterocycles. The van der Waals surface area contributed by atoms with Crippen molar-refractivity contribution in [1.82, 2.24) is 5.32 Å². The number of thiophene rings is 1. The van der Waals surface area contributed by atoms with Crippen molar-refractivity contribution in [3.8, 4) is 5.75 Å². The molecule has 1 heterocycles. The molecular weight excluding hydrogens is 337 g/mol. The van der Waals surface area contributed by atoms with E-state index in [0.717, 1.165) is 16.0 Å². The molecule has 0 saturated heterocycles. The predicted octanol–water partition coefficient (Wildman–Crippen LogP) is 4.48. The van der Waals surface area contributed by atoms with Crippen LogP contribution < -0.4 is 10.1 Å². The lowest BCUT2D eigenvalue weighted by molar-refractivity contribution is -0.123. The summed E-state index contributed by atoms with van der Waals surface area (Å²) in [5.41, 5.74) is 1.80. The van der Waals surface area contributed by atoms with E-state index in [1.165, 1.54) is 23.5 Å². The van der Waals surface area contributed by atoms with Crippen LogP contribution in [0, 0.1) is 12.7 Å². The molecular formula is C20H18FNO2S. The van der Waals surface area contributed by atoms with Crippen LogP contribution in [0.2, 0.25) is 0 Å². The van der Waals surface area contributed by atoms with Crippen LogP contribution in [-0.4, -0.2) is 12.5 Å². The molecule has 0 aliphatic rings.